The van der Waals surface area contributed by atoms with E-state index in [9.17, 15) is 9.59 Å². The van der Waals surface area contributed by atoms with Crippen LogP contribution in [0.25, 0.3) is 0 Å². The van der Waals surface area contributed by atoms with Crippen molar-refractivity contribution >= 4 is 148 Å². The molecule has 9 rings (SSSR count). The predicted octanol–water partition coefficient (Wildman–Crippen LogP) is 15.9. The molecule has 84 heavy (non-hydrogen) atoms. The third-order valence-corrected chi connectivity index (χ3v) is 19.8. The molecule has 0 aromatic heterocycles. The molecule has 0 unspecified atom stereocenters. The first-order valence-electron chi connectivity index (χ1n) is 29.6. The summed E-state index contributed by atoms with van der Waals surface area (Å²) in [5.41, 5.74) is 9.16. The summed E-state index contributed by atoms with van der Waals surface area (Å²) in [5.74, 6) is 3.36. The molecule has 0 spiro atoms. The first kappa shape index (κ1) is 79.9. The van der Waals surface area contributed by atoms with Crippen LogP contribution in [0.2, 0.25) is 30.1 Å². The van der Waals surface area contributed by atoms with Crippen LogP contribution >= 0.6 is 119 Å². The summed E-state index contributed by atoms with van der Waals surface area (Å²) in [6.45, 7) is 16.1. The molecule has 3 heterocycles. The number of piperazine rings is 3. The number of nitrogens with zero attached hydrogens (tertiary/aromatic N) is 8. The number of benzene rings is 3. The average molecular weight is 1570 g/mol. The van der Waals surface area contributed by atoms with Crippen LogP contribution in [0.1, 0.15) is 110 Å². The Morgan fingerprint density at radius 2 is 0.833 bits per heavy atom. The van der Waals surface area contributed by atoms with E-state index in [1.807, 2.05) is 70.7 Å². The third kappa shape index (κ3) is 27.3. The number of hydrogen-bond acceptors (Lipinski definition) is 11. The summed E-state index contributed by atoms with van der Waals surface area (Å²) < 4.78 is 0. The number of hydrogen-bond donors (Lipinski definition) is 2. The van der Waals surface area contributed by atoms with Gasteiger partial charge in [0.1, 0.15) is 0 Å². The minimum atomic E-state index is 0. The van der Waals surface area contributed by atoms with Crippen molar-refractivity contribution in [1.29, 1.82) is 0 Å². The molecule has 3 aliphatic carbocycles. The zero-order valence-electron chi connectivity index (χ0n) is 49.4. The van der Waals surface area contributed by atoms with Gasteiger partial charge in [0.15, 0.2) is 0 Å². The van der Waals surface area contributed by atoms with E-state index in [4.69, 9.17) is 75.3 Å². The summed E-state index contributed by atoms with van der Waals surface area (Å²) in [6, 6.07) is 18.3. The van der Waals surface area contributed by atoms with Crippen LogP contribution in [-0.4, -0.2) is 170 Å². The van der Waals surface area contributed by atoms with Gasteiger partial charge in [-0.25, -0.2) is 9.79 Å². The number of aliphatic imine (C=N–C) groups is 1. The second-order valence-corrected chi connectivity index (χ2v) is 25.5. The third-order valence-electron chi connectivity index (χ3n) is 17.4. The van der Waals surface area contributed by atoms with Crippen molar-refractivity contribution in [1.82, 2.24) is 24.9 Å². The largest absolute Gasteiger partial charge is 0.368 e. The Balaban J connectivity index is 0.000000408. The molecule has 3 aromatic rings. The summed E-state index contributed by atoms with van der Waals surface area (Å²) in [4.78, 5) is 42.6. The minimum absolute atomic E-state index is 0. The molecule has 3 saturated carbocycles. The van der Waals surface area contributed by atoms with Crippen molar-refractivity contribution in [3.05, 3.63) is 84.7 Å². The number of amides is 1. The maximum atomic E-state index is 11.9. The van der Waals surface area contributed by atoms with Crippen LogP contribution in [0.15, 0.2) is 59.6 Å². The molecular weight excluding hydrogens is 1470 g/mol. The SMILES string of the molecule is C.CN(C)C(=O)CC1CCC(CCN2CCN(c3cccc(Cl)c3Cl)CC2)CC1.CNC.Cl.II.NC1CCC(CCN2CCN(c3cccc(Cl)c3Cl)CC2)CC1.O=C=NC1CCC(CCN2CCN(c3cccc(Cl)c3Cl)CC2)CC1.[V]. The zero-order chi connectivity index (χ0) is 58.7. The smallest absolute Gasteiger partial charge is 0.235 e. The molecule has 12 nitrogen and oxygen atoms in total. The molecule has 3 aliphatic heterocycles. The van der Waals surface area contributed by atoms with Crippen molar-refractivity contribution < 1.29 is 28.1 Å². The fraction of sp³-hybridized carbons (Fsp3) is 0.677. The second-order valence-electron chi connectivity index (χ2n) is 23.1. The first-order valence-corrected chi connectivity index (χ1v) is 38.2. The summed E-state index contributed by atoms with van der Waals surface area (Å²) >= 11 is 41.7. The van der Waals surface area contributed by atoms with E-state index in [2.05, 4.69) is 89.1 Å². The maximum absolute atomic E-state index is 11.9. The number of nitrogens with one attached hydrogen (secondary N) is 1. The number of carbonyl (C=O) groups excluding carboxylic acids is 2. The van der Waals surface area contributed by atoms with Gasteiger partial charge in [-0.3, -0.25) is 19.5 Å². The molecule has 0 bridgehead atoms. The number of carbonyl (C=O) groups is 1. The van der Waals surface area contributed by atoms with Gasteiger partial charge >= 0.3 is 0 Å². The maximum Gasteiger partial charge on any atom is 0.235 e. The Bertz CT molecular complexity index is 2320. The minimum Gasteiger partial charge on any atom is -0.368 e. The zero-order valence-corrected chi connectivity index (χ0v) is 60.5. The van der Waals surface area contributed by atoms with E-state index in [0.717, 1.165) is 139 Å². The van der Waals surface area contributed by atoms with Crippen molar-refractivity contribution in [2.75, 3.05) is 141 Å². The summed E-state index contributed by atoms with van der Waals surface area (Å²) in [7, 11) is 7.46. The van der Waals surface area contributed by atoms with Crippen LogP contribution in [0.3, 0.4) is 0 Å². The molecule has 3 saturated heterocycles. The fourth-order valence-corrected chi connectivity index (χ4v) is 13.5. The van der Waals surface area contributed by atoms with Gasteiger partial charge in [0, 0.05) is 161 Å². The fourth-order valence-electron chi connectivity index (χ4n) is 12.2. The van der Waals surface area contributed by atoms with Gasteiger partial charge in [0.05, 0.1) is 53.2 Å². The quantitative estimate of drug-likeness (QED) is 0.0868. The van der Waals surface area contributed by atoms with Gasteiger partial charge in [0.2, 0.25) is 12.0 Å². The molecular formula is C62H97Cl7I2N10O2V. The topological polar surface area (TPSA) is 107 Å². The van der Waals surface area contributed by atoms with Gasteiger partial charge in [-0.05, 0) is 177 Å². The Labute approximate surface area is 578 Å². The standard InChI is InChI=1S/C22H33Cl2N3O.C19H25Cl2N3O.C18H27Cl2N3.C2H7N.CH4.ClH.I2.V/c1-25(2)21(28)16-18-8-6-17(7-9-18)10-11-26-12-14-27(15-13-26)20-5-3-4-19(23)22(20)24;20-17-2-1-3-18(19(17)21)24-12-10-23(11-13-24)9-8-15-4-6-16(7-5-15)22-14-25;19-16-2-1-3-17(18(16)20)23-12-10-22(11-13-23)9-8-14-4-6-15(21)7-5-14;1-3-2;;;1-2;/h3-5,17-18H,6-16H2,1-2H3;1-3,15-16H,4-13H2;1-3,14-15H,4-13,21H2;3H,1-2H3;1H4;1H;;. The van der Waals surface area contributed by atoms with E-state index in [0.29, 0.717) is 42.1 Å². The van der Waals surface area contributed by atoms with E-state index in [1.54, 1.807) is 11.0 Å². The summed E-state index contributed by atoms with van der Waals surface area (Å²) in [5, 5.41) is 6.65. The number of halogens is 9. The molecule has 6 aliphatic rings. The van der Waals surface area contributed by atoms with Crippen LogP contribution in [0.5, 0.6) is 0 Å². The van der Waals surface area contributed by atoms with Crippen molar-refractivity contribution in [2.45, 2.75) is 122 Å². The number of anilines is 3. The van der Waals surface area contributed by atoms with E-state index in [1.165, 1.54) is 96.6 Å². The van der Waals surface area contributed by atoms with Crippen molar-refractivity contribution in [2.24, 2.45) is 34.4 Å². The Morgan fingerprint density at radius 3 is 1.13 bits per heavy atom. The average Bonchev–Trinajstić information content (AvgIpc) is 3.49. The van der Waals surface area contributed by atoms with E-state index >= 15 is 0 Å². The molecule has 3 aromatic carbocycles. The van der Waals surface area contributed by atoms with Crippen molar-refractivity contribution in [3.63, 3.8) is 0 Å². The molecule has 22 heteroatoms. The molecule has 0 atom stereocenters. The Kier molecular flexibility index (Phi) is 42.1. The van der Waals surface area contributed by atoms with Crippen molar-refractivity contribution in [3.8, 4) is 0 Å². The van der Waals surface area contributed by atoms with Gasteiger partial charge < -0.3 is 30.7 Å². The van der Waals surface area contributed by atoms with Crippen LogP contribution in [0, 0.1) is 23.7 Å². The van der Waals surface area contributed by atoms with Gasteiger partial charge in [-0.2, -0.15) is 0 Å². The molecule has 6 fully saturated rings. The van der Waals surface area contributed by atoms with E-state index < -0.39 is 0 Å². The first-order chi connectivity index (χ1) is 39.1. The Morgan fingerprint density at radius 1 is 0.548 bits per heavy atom. The van der Waals surface area contributed by atoms with Crippen LogP contribution in [0.4, 0.5) is 17.1 Å². The number of isocyanates is 1. The van der Waals surface area contributed by atoms with Gasteiger partial charge in [-0.1, -0.05) is 108 Å². The molecule has 3 N–H and O–H groups in total. The van der Waals surface area contributed by atoms with E-state index in [-0.39, 0.29) is 50.3 Å². The van der Waals surface area contributed by atoms with Crippen LogP contribution in [-0.2, 0) is 28.1 Å². The number of rotatable bonds is 15. The monoisotopic (exact) mass is 1560 g/mol. The predicted molar refractivity (Wildman–Crippen MR) is 379 cm³/mol. The normalized spacial score (nSPS) is 22.8. The molecule has 475 valence electrons. The molecule has 1 radical (unpaired) electrons. The second kappa shape index (κ2) is 44.3. The number of nitrogens with two attached hydrogens (primary N) is 1. The Hall–Kier alpha value is -0.216. The summed E-state index contributed by atoms with van der Waals surface area (Å²) in [6.07, 6.45) is 20.8. The molecule has 1 amide bonds. The van der Waals surface area contributed by atoms with Crippen LogP contribution < -0.4 is 25.8 Å². The van der Waals surface area contributed by atoms with Gasteiger partial charge in [0.25, 0.3) is 0 Å². The van der Waals surface area contributed by atoms with Gasteiger partial charge in [-0.15, -0.1) is 12.4 Å².